The quantitative estimate of drug-likeness (QED) is 0.648. The van der Waals surface area contributed by atoms with E-state index in [1.165, 1.54) is 30.4 Å². The fourth-order valence-electron chi connectivity index (χ4n) is 2.11. The minimum absolute atomic E-state index is 0.0153. The van der Waals surface area contributed by atoms with Gasteiger partial charge in [-0.05, 0) is 46.3 Å². The zero-order valence-corrected chi connectivity index (χ0v) is 16.3. The maximum absolute atomic E-state index is 12.7. The van der Waals surface area contributed by atoms with Crippen molar-refractivity contribution in [2.75, 3.05) is 27.3 Å². The topological polar surface area (TPSA) is 88.8 Å². The smallest absolute Gasteiger partial charge is 0.255 e. The van der Waals surface area contributed by atoms with E-state index in [2.05, 4.69) is 20.7 Å². The predicted molar refractivity (Wildman–Crippen MR) is 95.7 cm³/mol. The lowest BCUT2D eigenvalue weighted by molar-refractivity contribution is 0.0774. The van der Waals surface area contributed by atoms with Crippen molar-refractivity contribution in [1.82, 2.24) is 9.62 Å². The predicted octanol–water partition coefficient (Wildman–Crippen LogP) is 2.24. The molecule has 0 fully saturated rings. The van der Waals surface area contributed by atoms with E-state index in [1.54, 1.807) is 25.2 Å². The molecule has 136 valence electrons. The summed E-state index contributed by atoms with van der Waals surface area (Å²) in [7, 11) is -0.615. The Kier molecular flexibility index (Phi) is 6.77. The van der Waals surface area contributed by atoms with Crippen molar-refractivity contribution in [1.29, 1.82) is 0 Å². The molecule has 9 heteroatoms. The van der Waals surface area contributed by atoms with Gasteiger partial charge in [0.15, 0.2) is 0 Å². The van der Waals surface area contributed by atoms with E-state index >= 15 is 0 Å². The number of hydrogen-bond donors (Lipinski definition) is 1. The molecule has 0 saturated carbocycles. The third-order valence-electron chi connectivity index (χ3n) is 3.40. The Morgan fingerprint density at radius 2 is 2.12 bits per heavy atom. The molecule has 2 rings (SSSR count). The van der Waals surface area contributed by atoms with Crippen LogP contribution in [-0.4, -0.2) is 46.5 Å². The van der Waals surface area contributed by atoms with Gasteiger partial charge >= 0.3 is 0 Å². The molecular weight excluding hydrogens is 412 g/mol. The third-order valence-corrected chi connectivity index (χ3v) is 5.55. The van der Waals surface area contributed by atoms with Gasteiger partial charge in [0.25, 0.3) is 5.91 Å². The number of hydrogen-bond acceptors (Lipinski definition) is 5. The molecule has 2 aromatic rings. The van der Waals surface area contributed by atoms with E-state index in [4.69, 9.17) is 9.15 Å². The Morgan fingerprint density at radius 3 is 2.76 bits per heavy atom. The Balaban J connectivity index is 2.21. The number of carbonyl (C=O) groups excluding carboxylic acids is 1. The van der Waals surface area contributed by atoms with Crippen molar-refractivity contribution in [3.63, 3.8) is 0 Å². The van der Waals surface area contributed by atoms with Gasteiger partial charge in [-0.15, -0.1) is 0 Å². The molecule has 1 amide bonds. The second-order valence-corrected chi connectivity index (χ2v) is 7.89. The van der Waals surface area contributed by atoms with E-state index in [0.29, 0.717) is 10.2 Å². The standard InChI is InChI=1S/C16H19BrN2O5S/c1-19(11-12-4-3-8-24-12)16(20)14-10-13(5-6-15(14)17)25(21,22)18-7-9-23-2/h3-6,8,10,18H,7,9,11H2,1-2H3. The fourth-order valence-corrected chi connectivity index (χ4v) is 3.57. The van der Waals surface area contributed by atoms with Gasteiger partial charge in [0.05, 0.1) is 29.9 Å². The van der Waals surface area contributed by atoms with Crippen LogP contribution >= 0.6 is 15.9 Å². The molecule has 7 nitrogen and oxygen atoms in total. The molecule has 1 N–H and O–H groups in total. The highest BCUT2D eigenvalue weighted by Crippen LogP contribution is 2.23. The lowest BCUT2D eigenvalue weighted by atomic mass is 10.2. The number of ether oxygens (including phenoxy) is 1. The van der Waals surface area contributed by atoms with Crippen LogP contribution in [0.5, 0.6) is 0 Å². The number of furan rings is 1. The van der Waals surface area contributed by atoms with Gasteiger partial charge in [0, 0.05) is 25.2 Å². The first kappa shape index (κ1) is 19.6. The monoisotopic (exact) mass is 430 g/mol. The second kappa shape index (κ2) is 8.61. The van der Waals surface area contributed by atoms with Crippen LogP contribution < -0.4 is 4.72 Å². The van der Waals surface area contributed by atoms with Crippen molar-refractivity contribution in [2.45, 2.75) is 11.4 Å². The van der Waals surface area contributed by atoms with Crippen LogP contribution in [-0.2, 0) is 21.3 Å². The third kappa shape index (κ3) is 5.15. The zero-order chi connectivity index (χ0) is 18.4. The molecule has 0 aliphatic carbocycles. The average molecular weight is 431 g/mol. The van der Waals surface area contributed by atoms with Crippen LogP contribution in [0.25, 0.3) is 0 Å². The van der Waals surface area contributed by atoms with Crippen LogP contribution in [0.3, 0.4) is 0 Å². The van der Waals surface area contributed by atoms with Gasteiger partial charge in [-0.2, -0.15) is 0 Å². The maximum Gasteiger partial charge on any atom is 0.255 e. The Hall–Kier alpha value is -1.68. The molecule has 0 unspecified atom stereocenters. The molecule has 0 bridgehead atoms. The van der Waals surface area contributed by atoms with E-state index in [0.717, 1.165) is 0 Å². The summed E-state index contributed by atoms with van der Waals surface area (Å²) in [5.41, 5.74) is 0.253. The van der Waals surface area contributed by atoms with Crippen molar-refractivity contribution >= 4 is 31.9 Å². The second-order valence-electron chi connectivity index (χ2n) is 5.27. The number of nitrogens with one attached hydrogen (secondary N) is 1. The Morgan fingerprint density at radius 1 is 1.36 bits per heavy atom. The van der Waals surface area contributed by atoms with E-state index in [1.807, 2.05) is 0 Å². The number of methoxy groups -OCH3 is 1. The van der Waals surface area contributed by atoms with Crippen molar-refractivity contribution in [2.24, 2.45) is 0 Å². The SMILES string of the molecule is COCCNS(=O)(=O)c1ccc(Br)c(C(=O)N(C)Cc2ccco2)c1. The molecule has 0 atom stereocenters. The maximum atomic E-state index is 12.7. The Labute approximate surface area is 155 Å². The summed E-state index contributed by atoms with van der Waals surface area (Å²) in [4.78, 5) is 14.1. The van der Waals surface area contributed by atoms with Gasteiger partial charge in [0.1, 0.15) is 5.76 Å². The van der Waals surface area contributed by atoms with Gasteiger partial charge < -0.3 is 14.1 Å². The first-order valence-electron chi connectivity index (χ1n) is 7.41. The summed E-state index contributed by atoms with van der Waals surface area (Å²) < 4.78 is 37.6. The molecule has 0 aliphatic rings. The summed E-state index contributed by atoms with van der Waals surface area (Å²) >= 11 is 3.30. The van der Waals surface area contributed by atoms with E-state index in [-0.39, 0.29) is 36.1 Å². The van der Waals surface area contributed by atoms with Crippen molar-refractivity contribution < 1.29 is 22.4 Å². The molecule has 0 saturated heterocycles. The lowest BCUT2D eigenvalue weighted by Crippen LogP contribution is -2.29. The molecule has 25 heavy (non-hydrogen) atoms. The summed E-state index contributed by atoms with van der Waals surface area (Å²) in [5.74, 6) is 0.314. The Bertz CT molecular complexity index is 821. The first-order chi connectivity index (χ1) is 11.8. The first-order valence-corrected chi connectivity index (χ1v) is 9.69. The molecular formula is C16H19BrN2O5S. The summed E-state index contributed by atoms with van der Waals surface area (Å²) in [5, 5.41) is 0. The van der Waals surface area contributed by atoms with Gasteiger partial charge in [-0.3, -0.25) is 4.79 Å². The number of sulfonamides is 1. The highest BCUT2D eigenvalue weighted by molar-refractivity contribution is 9.10. The van der Waals surface area contributed by atoms with E-state index < -0.39 is 10.0 Å². The highest BCUT2D eigenvalue weighted by atomic mass is 79.9. The fraction of sp³-hybridized carbons (Fsp3) is 0.312. The summed E-state index contributed by atoms with van der Waals surface area (Å²) in [6.45, 7) is 0.686. The number of carbonyl (C=O) groups is 1. The number of rotatable bonds is 8. The number of benzene rings is 1. The average Bonchev–Trinajstić information content (AvgIpc) is 3.07. The molecule has 0 radical (unpaired) electrons. The normalized spacial score (nSPS) is 11.5. The molecule has 1 aromatic carbocycles. The molecule has 0 spiro atoms. The van der Waals surface area contributed by atoms with Gasteiger partial charge in [-0.25, -0.2) is 13.1 Å². The van der Waals surface area contributed by atoms with Crippen molar-refractivity contribution in [3.05, 3.63) is 52.4 Å². The van der Waals surface area contributed by atoms with Crippen LogP contribution in [0.2, 0.25) is 0 Å². The highest BCUT2D eigenvalue weighted by Gasteiger charge is 2.21. The minimum Gasteiger partial charge on any atom is -0.467 e. The largest absolute Gasteiger partial charge is 0.467 e. The summed E-state index contributed by atoms with van der Waals surface area (Å²) in [6, 6.07) is 7.82. The van der Waals surface area contributed by atoms with Crippen molar-refractivity contribution in [3.8, 4) is 0 Å². The number of nitrogens with zero attached hydrogens (tertiary/aromatic N) is 1. The summed E-state index contributed by atoms with van der Waals surface area (Å²) in [6.07, 6.45) is 1.53. The zero-order valence-electron chi connectivity index (χ0n) is 13.9. The lowest BCUT2D eigenvalue weighted by Gasteiger charge is -2.17. The van der Waals surface area contributed by atoms with Crippen LogP contribution in [0.15, 0.2) is 50.4 Å². The molecule has 1 aromatic heterocycles. The van der Waals surface area contributed by atoms with Gasteiger partial charge in [-0.1, -0.05) is 0 Å². The number of halogens is 1. The minimum atomic E-state index is -3.72. The van der Waals surface area contributed by atoms with Crippen LogP contribution in [0, 0.1) is 0 Å². The van der Waals surface area contributed by atoms with Gasteiger partial charge in [0.2, 0.25) is 10.0 Å². The van der Waals surface area contributed by atoms with E-state index in [9.17, 15) is 13.2 Å². The molecule has 1 heterocycles. The number of amides is 1. The molecule has 0 aliphatic heterocycles. The van der Waals surface area contributed by atoms with Crippen LogP contribution in [0.4, 0.5) is 0 Å². The van der Waals surface area contributed by atoms with Crippen LogP contribution in [0.1, 0.15) is 16.1 Å².